The molecule has 2 aromatic carbocycles. The van der Waals surface area contributed by atoms with Crippen molar-refractivity contribution in [2.75, 3.05) is 19.6 Å². The monoisotopic (exact) mass is 405 g/mol. The first kappa shape index (κ1) is 19.3. The number of hydrogen-bond donors (Lipinski definition) is 1. The Morgan fingerprint density at radius 3 is 2.53 bits per heavy atom. The SMILES string of the molecule is O=C1CN(C(=O)Cc2cn(-c3ccccc3)nc2-c2ccc([N+](=O)[O-])cc2)CCN1. The Morgan fingerprint density at radius 1 is 1.13 bits per heavy atom. The van der Waals surface area contributed by atoms with Gasteiger partial charge in [0.15, 0.2) is 0 Å². The van der Waals surface area contributed by atoms with Crippen LogP contribution in [-0.2, 0) is 16.0 Å². The van der Waals surface area contributed by atoms with Gasteiger partial charge in [0, 0.05) is 42.5 Å². The van der Waals surface area contributed by atoms with Crippen LogP contribution in [-0.4, -0.2) is 51.1 Å². The van der Waals surface area contributed by atoms with Crippen molar-refractivity contribution < 1.29 is 14.5 Å². The Bertz CT molecular complexity index is 1090. The van der Waals surface area contributed by atoms with Crippen LogP contribution in [0.15, 0.2) is 60.8 Å². The number of non-ortho nitro benzene ring substituents is 1. The minimum Gasteiger partial charge on any atom is -0.353 e. The summed E-state index contributed by atoms with van der Waals surface area (Å²) < 4.78 is 1.68. The highest BCUT2D eigenvalue weighted by Crippen LogP contribution is 2.26. The second-order valence-electron chi connectivity index (χ2n) is 6.93. The van der Waals surface area contributed by atoms with E-state index in [1.165, 1.54) is 17.0 Å². The zero-order valence-electron chi connectivity index (χ0n) is 16.0. The lowest BCUT2D eigenvalue weighted by molar-refractivity contribution is -0.384. The molecular weight excluding hydrogens is 386 g/mol. The fourth-order valence-corrected chi connectivity index (χ4v) is 3.36. The van der Waals surface area contributed by atoms with Gasteiger partial charge in [0.05, 0.1) is 29.3 Å². The molecule has 1 fully saturated rings. The molecule has 3 aromatic rings. The number of carbonyl (C=O) groups excluding carboxylic acids is 2. The predicted octanol–water partition coefficient (Wildman–Crippen LogP) is 1.95. The minimum atomic E-state index is -0.460. The largest absolute Gasteiger partial charge is 0.353 e. The zero-order valence-corrected chi connectivity index (χ0v) is 16.0. The van der Waals surface area contributed by atoms with Crippen molar-refractivity contribution in [3.8, 4) is 16.9 Å². The number of piperazine rings is 1. The fourth-order valence-electron chi connectivity index (χ4n) is 3.36. The highest BCUT2D eigenvalue weighted by atomic mass is 16.6. The third-order valence-electron chi connectivity index (χ3n) is 4.90. The molecule has 1 saturated heterocycles. The molecule has 30 heavy (non-hydrogen) atoms. The molecule has 0 unspecified atom stereocenters. The standard InChI is InChI=1S/C21H19N5O4/c27-19-14-24(11-10-22-19)20(28)12-16-13-25(17-4-2-1-3-5-17)23-21(16)15-6-8-18(9-7-15)26(29)30/h1-9,13H,10-12,14H2,(H,22,27). The molecule has 9 heteroatoms. The summed E-state index contributed by atoms with van der Waals surface area (Å²) in [6.45, 7) is 0.936. The number of benzene rings is 2. The molecule has 9 nitrogen and oxygen atoms in total. The molecule has 2 heterocycles. The van der Waals surface area contributed by atoms with E-state index in [0.29, 0.717) is 29.9 Å². The molecule has 0 aliphatic carbocycles. The average molecular weight is 405 g/mol. The molecule has 1 N–H and O–H groups in total. The summed E-state index contributed by atoms with van der Waals surface area (Å²) in [5.41, 5.74) is 2.75. The van der Waals surface area contributed by atoms with Crippen LogP contribution in [0.25, 0.3) is 16.9 Å². The van der Waals surface area contributed by atoms with E-state index in [2.05, 4.69) is 10.4 Å². The number of nitrogens with zero attached hydrogens (tertiary/aromatic N) is 4. The van der Waals surface area contributed by atoms with E-state index in [0.717, 1.165) is 5.69 Å². The van der Waals surface area contributed by atoms with Crippen molar-refractivity contribution in [3.63, 3.8) is 0 Å². The van der Waals surface area contributed by atoms with Crippen molar-refractivity contribution in [1.29, 1.82) is 0 Å². The predicted molar refractivity (Wildman–Crippen MR) is 109 cm³/mol. The van der Waals surface area contributed by atoms with Gasteiger partial charge in [-0.05, 0) is 24.3 Å². The maximum Gasteiger partial charge on any atom is 0.269 e. The second-order valence-corrected chi connectivity index (χ2v) is 6.93. The Morgan fingerprint density at radius 2 is 1.87 bits per heavy atom. The van der Waals surface area contributed by atoms with Crippen molar-refractivity contribution in [2.24, 2.45) is 0 Å². The molecule has 4 rings (SSSR count). The van der Waals surface area contributed by atoms with Gasteiger partial charge >= 0.3 is 0 Å². The molecule has 2 amide bonds. The average Bonchev–Trinajstić information content (AvgIpc) is 3.18. The summed E-state index contributed by atoms with van der Waals surface area (Å²) in [6.07, 6.45) is 1.86. The van der Waals surface area contributed by atoms with Crippen molar-refractivity contribution in [2.45, 2.75) is 6.42 Å². The van der Waals surface area contributed by atoms with E-state index in [1.807, 2.05) is 30.3 Å². The minimum absolute atomic E-state index is 0.0156. The number of carbonyl (C=O) groups is 2. The van der Waals surface area contributed by atoms with Crippen LogP contribution in [0.5, 0.6) is 0 Å². The summed E-state index contributed by atoms with van der Waals surface area (Å²) in [5.74, 6) is -0.342. The van der Waals surface area contributed by atoms with E-state index in [9.17, 15) is 19.7 Å². The van der Waals surface area contributed by atoms with Gasteiger partial charge in [0.2, 0.25) is 11.8 Å². The highest BCUT2D eigenvalue weighted by Gasteiger charge is 2.23. The number of amides is 2. The molecule has 0 atom stereocenters. The lowest BCUT2D eigenvalue weighted by Crippen LogP contribution is -2.50. The molecule has 1 aromatic heterocycles. The molecule has 152 valence electrons. The lowest BCUT2D eigenvalue weighted by atomic mass is 10.0. The normalized spacial score (nSPS) is 13.7. The summed E-state index contributed by atoms with van der Waals surface area (Å²) in [7, 11) is 0. The van der Waals surface area contributed by atoms with E-state index in [4.69, 9.17) is 0 Å². The van der Waals surface area contributed by atoms with Gasteiger partial charge in [-0.25, -0.2) is 4.68 Å². The fraction of sp³-hybridized carbons (Fsp3) is 0.190. The third-order valence-corrected chi connectivity index (χ3v) is 4.90. The quantitative estimate of drug-likeness (QED) is 0.515. The second kappa shape index (κ2) is 8.16. The van der Waals surface area contributed by atoms with Crippen molar-refractivity contribution >= 4 is 17.5 Å². The Hall–Kier alpha value is -4.01. The van der Waals surface area contributed by atoms with E-state index in [-0.39, 0.29) is 30.5 Å². The van der Waals surface area contributed by atoms with Crippen LogP contribution in [0.2, 0.25) is 0 Å². The molecule has 0 bridgehead atoms. The third kappa shape index (κ3) is 4.04. The smallest absolute Gasteiger partial charge is 0.269 e. The Balaban J connectivity index is 1.68. The van der Waals surface area contributed by atoms with Gasteiger partial charge in [-0.15, -0.1) is 0 Å². The number of nitro benzene ring substituents is 1. The maximum atomic E-state index is 12.8. The molecule has 0 saturated carbocycles. The number of para-hydroxylation sites is 1. The number of hydrogen-bond acceptors (Lipinski definition) is 5. The van der Waals surface area contributed by atoms with Gasteiger partial charge in [0.25, 0.3) is 5.69 Å². The molecule has 1 aliphatic rings. The van der Waals surface area contributed by atoms with Crippen LogP contribution in [0.3, 0.4) is 0 Å². The molecule has 1 aliphatic heterocycles. The number of nitro groups is 1. The van der Waals surface area contributed by atoms with Crippen LogP contribution < -0.4 is 5.32 Å². The molecule has 0 spiro atoms. The first-order valence-electron chi connectivity index (χ1n) is 9.44. The van der Waals surface area contributed by atoms with E-state index < -0.39 is 4.92 Å². The lowest BCUT2D eigenvalue weighted by Gasteiger charge is -2.26. The number of rotatable bonds is 5. The topological polar surface area (TPSA) is 110 Å². The van der Waals surface area contributed by atoms with E-state index >= 15 is 0 Å². The van der Waals surface area contributed by atoms with Crippen LogP contribution >= 0.6 is 0 Å². The van der Waals surface area contributed by atoms with Gasteiger partial charge in [-0.1, -0.05) is 18.2 Å². The number of nitrogens with one attached hydrogen (secondary N) is 1. The first-order valence-corrected chi connectivity index (χ1v) is 9.44. The number of aromatic nitrogens is 2. The van der Waals surface area contributed by atoms with Gasteiger partial charge in [0.1, 0.15) is 0 Å². The van der Waals surface area contributed by atoms with Gasteiger partial charge in [-0.2, -0.15) is 5.10 Å². The molecule has 0 radical (unpaired) electrons. The maximum absolute atomic E-state index is 12.8. The summed E-state index contributed by atoms with van der Waals surface area (Å²) in [4.78, 5) is 36.4. The van der Waals surface area contributed by atoms with E-state index in [1.54, 1.807) is 23.0 Å². The van der Waals surface area contributed by atoms with Crippen LogP contribution in [0.4, 0.5) is 5.69 Å². The summed E-state index contributed by atoms with van der Waals surface area (Å²) in [6, 6.07) is 15.5. The first-order chi connectivity index (χ1) is 14.5. The van der Waals surface area contributed by atoms with Crippen molar-refractivity contribution in [3.05, 3.63) is 76.5 Å². The zero-order chi connectivity index (χ0) is 21.1. The van der Waals surface area contributed by atoms with Gasteiger partial charge in [-0.3, -0.25) is 19.7 Å². The van der Waals surface area contributed by atoms with Crippen molar-refractivity contribution in [1.82, 2.24) is 20.0 Å². The Labute approximate surface area is 172 Å². The Kier molecular flexibility index (Phi) is 5.25. The highest BCUT2D eigenvalue weighted by molar-refractivity contribution is 5.87. The van der Waals surface area contributed by atoms with Crippen LogP contribution in [0, 0.1) is 10.1 Å². The van der Waals surface area contributed by atoms with Gasteiger partial charge < -0.3 is 10.2 Å². The summed E-state index contributed by atoms with van der Waals surface area (Å²) >= 11 is 0. The summed E-state index contributed by atoms with van der Waals surface area (Å²) in [5, 5.41) is 18.3. The molecular formula is C21H19N5O4. The van der Waals surface area contributed by atoms with Crippen LogP contribution in [0.1, 0.15) is 5.56 Å².